The Kier molecular flexibility index (Phi) is 5.07. The first-order chi connectivity index (χ1) is 12.8. The average molecular weight is 369 g/mol. The summed E-state index contributed by atoms with van der Waals surface area (Å²) in [6.45, 7) is 3.47. The minimum atomic E-state index is -0.677. The highest BCUT2D eigenvalue weighted by Gasteiger charge is 2.18. The molecule has 0 spiro atoms. The van der Waals surface area contributed by atoms with E-state index in [1.807, 2.05) is 0 Å². The zero-order chi connectivity index (χ0) is 19.6. The Labute approximate surface area is 156 Å². The molecule has 3 rings (SSSR count). The molecule has 2 aromatic heterocycles. The van der Waals surface area contributed by atoms with Gasteiger partial charge in [-0.2, -0.15) is 5.10 Å². The van der Waals surface area contributed by atoms with Crippen LogP contribution >= 0.6 is 0 Å². The van der Waals surface area contributed by atoms with Crippen LogP contribution in [0.15, 0.2) is 42.6 Å². The molecule has 7 nitrogen and oxygen atoms in total. The summed E-state index contributed by atoms with van der Waals surface area (Å²) < 4.78 is 20.2. The number of hydrogen-bond acceptors (Lipinski definition) is 5. The molecule has 0 saturated carbocycles. The Morgan fingerprint density at radius 3 is 2.81 bits per heavy atom. The first-order valence-electron chi connectivity index (χ1n) is 8.33. The van der Waals surface area contributed by atoms with E-state index < -0.39 is 12.2 Å². The Morgan fingerprint density at radius 1 is 1.33 bits per heavy atom. The van der Waals surface area contributed by atoms with Gasteiger partial charge in [0.05, 0.1) is 28.8 Å². The number of amides is 1. The lowest BCUT2D eigenvalue weighted by molar-refractivity contribution is 0.121. The number of ether oxygens (including phenoxy) is 1. The summed E-state index contributed by atoms with van der Waals surface area (Å²) in [6, 6.07) is 9.42. The molecule has 0 aliphatic carbocycles. The molecular weight excluding hydrogens is 349 g/mol. The van der Waals surface area contributed by atoms with E-state index in [0.29, 0.717) is 34.0 Å². The highest BCUT2D eigenvalue weighted by Crippen LogP contribution is 2.28. The van der Waals surface area contributed by atoms with Gasteiger partial charge in [0.25, 0.3) is 0 Å². The van der Waals surface area contributed by atoms with Crippen molar-refractivity contribution in [2.24, 2.45) is 7.05 Å². The van der Waals surface area contributed by atoms with Crippen LogP contribution in [0.5, 0.6) is 0 Å². The SMILES string of the molecule is Cc1nc(-c2cnn(C)c2NC(=O)O[C@H](C)c2cccc(F)c2)ccc1N. The Bertz CT molecular complexity index is 986. The van der Waals surface area contributed by atoms with Crippen LogP contribution < -0.4 is 11.1 Å². The number of halogens is 1. The molecule has 0 fully saturated rings. The first-order valence-corrected chi connectivity index (χ1v) is 8.33. The number of carbonyl (C=O) groups is 1. The predicted octanol–water partition coefficient (Wildman–Crippen LogP) is 3.82. The zero-order valence-electron chi connectivity index (χ0n) is 15.2. The normalized spacial score (nSPS) is 11.9. The van der Waals surface area contributed by atoms with E-state index in [1.54, 1.807) is 51.4 Å². The van der Waals surface area contributed by atoms with Crippen molar-refractivity contribution in [3.8, 4) is 11.3 Å². The number of aromatic nitrogens is 3. The third kappa shape index (κ3) is 4.05. The number of nitrogens with zero attached hydrogens (tertiary/aromatic N) is 3. The molecule has 1 aromatic carbocycles. The van der Waals surface area contributed by atoms with E-state index in [1.165, 1.54) is 16.8 Å². The van der Waals surface area contributed by atoms with E-state index in [9.17, 15) is 9.18 Å². The van der Waals surface area contributed by atoms with Gasteiger partial charge in [-0.1, -0.05) is 12.1 Å². The van der Waals surface area contributed by atoms with Gasteiger partial charge in [0, 0.05) is 7.05 Å². The van der Waals surface area contributed by atoms with Gasteiger partial charge in [0.1, 0.15) is 17.7 Å². The van der Waals surface area contributed by atoms with Crippen LogP contribution in [0, 0.1) is 12.7 Å². The van der Waals surface area contributed by atoms with E-state index in [-0.39, 0.29) is 5.82 Å². The molecule has 0 bridgehead atoms. The summed E-state index contributed by atoms with van der Waals surface area (Å²) in [5.74, 6) is 0.0465. The molecule has 1 amide bonds. The number of rotatable bonds is 4. The van der Waals surface area contributed by atoms with Gasteiger partial charge in [-0.15, -0.1) is 0 Å². The lowest BCUT2D eigenvalue weighted by Crippen LogP contribution is -2.18. The number of hydrogen-bond donors (Lipinski definition) is 2. The van der Waals surface area contributed by atoms with Crippen molar-refractivity contribution < 1.29 is 13.9 Å². The number of nitrogens with one attached hydrogen (secondary N) is 1. The molecule has 0 aliphatic rings. The summed E-state index contributed by atoms with van der Waals surface area (Å²) >= 11 is 0. The maximum atomic E-state index is 13.3. The lowest BCUT2D eigenvalue weighted by Gasteiger charge is -2.15. The topological polar surface area (TPSA) is 95.1 Å². The molecule has 0 unspecified atom stereocenters. The minimum absolute atomic E-state index is 0.387. The number of nitrogens with two attached hydrogens (primary N) is 1. The van der Waals surface area contributed by atoms with Crippen LogP contribution in [0.1, 0.15) is 24.3 Å². The van der Waals surface area contributed by atoms with Crippen LogP contribution in [0.25, 0.3) is 11.3 Å². The van der Waals surface area contributed by atoms with Crippen molar-refractivity contribution >= 4 is 17.6 Å². The quantitative estimate of drug-likeness (QED) is 0.729. The van der Waals surface area contributed by atoms with E-state index in [2.05, 4.69) is 15.4 Å². The molecule has 1 atom stereocenters. The zero-order valence-corrected chi connectivity index (χ0v) is 15.2. The molecule has 0 radical (unpaired) electrons. The Balaban J connectivity index is 1.78. The molecule has 0 saturated heterocycles. The summed E-state index contributed by atoms with van der Waals surface area (Å²) in [4.78, 5) is 16.8. The van der Waals surface area contributed by atoms with Gasteiger partial charge in [-0.3, -0.25) is 15.0 Å². The number of nitrogen functional groups attached to an aromatic ring is 1. The van der Waals surface area contributed by atoms with Crippen molar-refractivity contribution in [1.29, 1.82) is 0 Å². The highest BCUT2D eigenvalue weighted by atomic mass is 19.1. The molecular formula is C19H20FN5O2. The van der Waals surface area contributed by atoms with Crippen molar-refractivity contribution in [3.63, 3.8) is 0 Å². The fourth-order valence-corrected chi connectivity index (χ4v) is 2.61. The van der Waals surface area contributed by atoms with Crippen LogP contribution in [0.2, 0.25) is 0 Å². The smallest absolute Gasteiger partial charge is 0.413 e. The van der Waals surface area contributed by atoms with Gasteiger partial charge < -0.3 is 10.5 Å². The van der Waals surface area contributed by atoms with E-state index >= 15 is 0 Å². The van der Waals surface area contributed by atoms with Crippen molar-refractivity contribution in [2.45, 2.75) is 20.0 Å². The van der Waals surface area contributed by atoms with Crippen LogP contribution in [0.3, 0.4) is 0 Å². The maximum Gasteiger partial charge on any atom is 0.413 e. The predicted molar refractivity (Wildman–Crippen MR) is 101 cm³/mol. The molecule has 0 aliphatic heterocycles. The van der Waals surface area contributed by atoms with E-state index in [0.717, 1.165) is 0 Å². The molecule has 8 heteroatoms. The first kappa shape index (κ1) is 18.4. The number of anilines is 2. The second-order valence-electron chi connectivity index (χ2n) is 6.13. The number of aryl methyl sites for hydroxylation is 2. The number of pyridine rings is 1. The molecule has 3 N–H and O–H groups in total. The van der Waals surface area contributed by atoms with Crippen LogP contribution in [0.4, 0.5) is 20.7 Å². The third-order valence-electron chi connectivity index (χ3n) is 4.16. The number of benzene rings is 1. The second-order valence-corrected chi connectivity index (χ2v) is 6.13. The fraction of sp³-hybridized carbons (Fsp3) is 0.211. The van der Waals surface area contributed by atoms with Gasteiger partial charge in [-0.05, 0) is 43.7 Å². The summed E-state index contributed by atoms with van der Waals surface area (Å²) in [6.07, 6.45) is 0.307. The fourth-order valence-electron chi connectivity index (χ4n) is 2.61. The van der Waals surface area contributed by atoms with Crippen molar-refractivity contribution in [2.75, 3.05) is 11.1 Å². The monoisotopic (exact) mass is 369 g/mol. The van der Waals surface area contributed by atoms with Gasteiger partial charge in [-0.25, -0.2) is 9.18 Å². The maximum absolute atomic E-state index is 13.3. The summed E-state index contributed by atoms with van der Waals surface area (Å²) in [7, 11) is 1.69. The summed E-state index contributed by atoms with van der Waals surface area (Å²) in [5.41, 5.74) is 8.90. The molecule has 27 heavy (non-hydrogen) atoms. The average Bonchev–Trinajstić information content (AvgIpc) is 2.98. The third-order valence-corrected chi connectivity index (χ3v) is 4.16. The molecule has 3 aromatic rings. The van der Waals surface area contributed by atoms with Crippen molar-refractivity contribution in [1.82, 2.24) is 14.8 Å². The Hall–Kier alpha value is -3.42. The second kappa shape index (κ2) is 7.45. The van der Waals surface area contributed by atoms with Crippen molar-refractivity contribution in [3.05, 3.63) is 59.7 Å². The minimum Gasteiger partial charge on any atom is -0.441 e. The largest absolute Gasteiger partial charge is 0.441 e. The van der Waals surface area contributed by atoms with Crippen LogP contribution in [-0.2, 0) is 11.8 Å². The van der Waals surface area contributed by atoms with Crippen LogP contribution in [-0.4, -0.2) is 20.9 Å². The number of carbonyl (C=O) groups excluding carboxylic acids is 1. The molecule has 2 heterocycles. The highest BCUT2D eigenvalue weighted by molar-refractivity contribution is 5.89. The molecule has 140 valence electrons. The van der Waals surface area contributed by atoms with Gasteiger partial charge >= 0.3 is 6.09 Å². The summed E-state index contributed by atoms with van der Waals surface area (Å²) in [5, 5.41) is 6.85. The van der Waals surface area contributed by atoms with E-state index in [4.69, 9.17) is 10.5 Å². The standard InChI is InChI=1S/C19H20FN5O2/c1-11-16(21)7-8-17(23-11)15-10-22-25(3)18(15)24-19(26)27-12(2)13-5-4-6-14(20)9-13/h4-10,12H,21H2,1-3H3,(H,24,26)/t12-/m1/s1. The Morgan fingerprint density at radius 2 is 2.11 bits per heavy atom. The van der Waals surface area contributed by atoms with Gasteiger partial charge in [0.2, 0.25) is 0 Å². The van der Waals surface area contributed by atoms with Gasteiger partial charge in [0.15, 0.2) is 0 Å². The lowest BCUT2D eigenvalue weighted by atomic mass is 10.1.